The Morgan fingerprint density at radius 1 is 0.568 bits per heavy atom. The Balaban J connectivity index is 1.42. The Labute approximate surface area is 213 Å². The van der Waals surface area contributed by atoms with Crippen LogP contribution in [0.15, 0.2) is 120 Å². The first kappa shape index (κ1) is 21.0. The molecule has 0 atom stereocenters. The van der Waals surface area contributed by atoms with Gasteiger partial charge in [-0.3, -0.25) is 9.97 Å². The molecule has 37 heavy (non-hydrogen) atoms. The van der Waals surface area contributed by atoms with Gasteiger partial charge in [-0.1, -0.05) is 72.8 Å². The molecule has 0 spiro atoms. The van der Waals surface area contributed by atoms with Crippen LogP contribution >= 0.6 is 0 Å². The number of rotatable bonds is 3. The molecule has 0 aliphatic carbocycles. The largest absolute Gasteiger partial charge is 0.455 e. The highest BCUT2D eigenvalue weighted by Crippen LogP contribution is 2.41. The fraction of sp³-hybridized carbons (Fsp3) is 0. The number of benzene rings is 4. The highest BCUT2D eigenvalue weighted by molar-refractivity contribution is 6.15. The van der Waals surface area contributed by atoms with Crippen LogP contribution in [0.2, 0.25) is 0 Å². The molecule has 0 bridgehead atoms. The molecule has 7 aromatic rings. The van der Waals surface area contributed by atoms with Crippen LogP contribution in [0, 0.1) is 11.3 Å². The third-order valence-corrected chi connectivity index (χ3v) is 6.89. The summed E-state index contributed by atoms with van der Waals surface area (Å²) in [7, 11) is 0. The van der Waals surface area contributed by atoms with Crippen molar-refractivity contribution in [1.82, 2.24) is 9.97 Å². The molecule has 0 saturated carbocycles. The molecule has 172 valence electrons. The average molecular weight is 474 g/mol. The number of nitriles is 1. The highest BCUT2D eigenvalue weighted by atomic mass is 16.3. The van der Waals surface area contributed by atoms with Crippen molar-refractivity contribution in [1.29, 1.82) is 5.26 Å². The average Bonchev–Trinajstić information content (AvgIpc) is 3.36. The van der Waals surface area contributed by atoms with E-state index in [4.69, 9.17) is 9.40 Å². The Bertz CT molecular complexity index is 1980. The van der Waals surface area contributed by atoms with Gasteiger partial charge in [-0.05, 0) is 35.2 Å². The van der Waals surface area contributed by atoms with Crippen molar-refractivity contribution in [2.45, 2.75) is 0 Å². The molecule has 3 aromatic heterocycles. The third kappa shape index (κ3) is 3.37. The van der Waals surface area contributed by atoms with E-state index in [2.05, 4.69) is 59.6 Å². The van der Waals surface area contributed by atoms with Crippen LogP contribution in [0.5, 0.6) is 0 Å². The monoisotopic (exact) mass is 473 g/mol. The van der Waals surface area contributed by atoms with Gasteiger partial charge in [0.15, 0.2) is 0 Å². The summed E-state index contributed by atoms with van der Waals surface area (Å²) < 4.78 is 6.64. The number of hydrogen-bond acceptors (Lipinski definition) is 4. The fourth-order valence-electron chi connectivity index (χ4n) is 5.13. The first-order valence-corrected chi connectivity index (χ1v) is 12.0. The lowest BCUT2D eigenvalue weighted by Crippen LogP contribution is -1.86. The normalized spacial score (nSPS) is 11.2. The summed E-state index contributed by atoms with van der Waals surface area (Å²) in [5, 5.41) is 13.7. The topological polar surface area (TPSA) is 62.7 Å². The van der Waals surface area contributed by atoms with Crippen LogP contribution in [0.25, 0.3) is 66.2 Å². The van der Waals surface area contributed by atoms with Crippen molar-refractivity contribution in [3.8, 4) is 39.6 Å². The Kier molecular flexibility index (Phi) is 4.80. The van der Waals surface area contributed by atoms with Gasteiger partial charge in [0.2, 0.25) is 0 Å². The van der Waals surface area contributed by atoms with E-state index >= 15 is 0 Å². The van der Waals surface area contributed by atoms with Gasteiger partial charge < -0.3 is 4.42 Å². The molecule has 0 aliphatic rings. The predicted molar refractivity (Wildman–Crippen MR) is 148 cm³/mol. The number of para-hydroxylation sites is 2. The molecule has 0 amide bonds. The summed E-state index contributed by atoms with van der Waals surface area (Å²) in [6.07, 6.45) is 5.46. The lowest BCUT2D eigenvalue weighted by Gasteiger charge is -2.09. The van der Waals surface area contributed by atoms with E-state index in [0.717, 1.165) is 66.2 Å². The molecular formula is C33H19N3O. The van der Waals surface area contributed by atoms with Crippen LogP contribution < -0.4 is 0 Å². The zero-order chi connectivity index (χ0) is 24.8. The Morgan fingerprint density at radius 3 is 2.05 bits per heavy atom. The van der Waals surface area contributed by atoms with E-state index < -0.39 is 0 Å². The minimum atomic E-state index is 0.667. The molecule has 0 radical (unpaired) electrons. The van der Waals surface area contributed by atoms with Crippen molar-refractivity contribution in [2.75, 3.05) is 0 Å². The van der Waals surface area contributed by atoms with Gasteiger partial charge in [0, 0.05) is 57.0 Å². The smallest absolute Gasteiger partial charge is 0.143 e. The maximum atomic E-state index is 9.61. The van der Waals surface area contributed by atoms with Crippen LogP contribution in [-0.2, 0) is 0 Å². The lowest BCUT2D eigenvalue weighted by molar-refractivity contribution is 0.671. The van der Waals surface area contributed by atoms with Gasteiger partial charge in [-0.2, -0.15) is 5.26 Å². The zero-order valence-corrected chi connectivity index (χ0v) is 19.7. The van der Waals surface area contributed by atoms with E-state index in [-0.39, 0.29) is 0 Å². The third-order valence-electron chi connectivity index (χ3n) is 6.89. The van der Waals surface area contributed by atoms with Gasteiger partial charge in [0.05, 0.1) is 17.3 Å². The maximum Gasteiger partial charge on any atom is 0.143 e. The number of aromatic nitrogens is 2. The second kappa shape index (κ2) is 8.44. The van der Waals surface area contributed by atoms with Crippen molar-refractivity contribution in [3.05, 3.63) is 121 Å². The number of pyridine rings is 2. The quantitative estimate of drug-likeness (QED) is 0.258. The van der Waals surface area contributed by atoms with Crippen molar-refractivity contribution < 1.29 is 4.42 Å². The van der Waals surface area contributed by atoms with Crippen LogP contribution in [0.3, 0.4) is 0 Å². The summed E-state index contributed by atoms with van der Waals surface area (Å²) in [4.78, 5) is 8.89. The summed E-state index contributed by atoms with van der Waals surface area (Å²) in [5.41, 5.74) is 8.23. The van der Waals surface area contributed by atoms with Crippen molar-refractivity contribution >= 4 is 32.7 Å². The van der Waals surface area contributed by atoms with E-state index in [0.29, 0.717) is 5.56 Å². The molecule has 0 fully saturated rings. The molecular weight excluding hydrogens is 454 g/mol. The van der Waals surface area contributed by atoms with Crippen molar-refractivity contribution in [2.24, 2.45) is 0 Å². The number of hydrogen-bond donors (Lipinski definition) is 0. The molecule has 0 aliphatic heterocycles. The first-order chi connectivity index (χ1) is 18.3. The Hall–Kier alpha value is -5.27. The van der Waals surface area contributed by atoms with Crippen LogP contribution in [-0.4, -0.2) is 9.97 Å². The predicted octanol–water partition coefficient (Wildman–Crippen LogP) is 8.40. The molecule has 0 saturated heterocycles. The summed E-state index contributed by atoms with van der Waals surface area (Å²) in [6, 6.07) is 34.7. The minimum Gasteiger partial charge on any atom is -0.455 e. The van der Waals surface area contributed by atoms with Gasteiger partial charge in [0.25, 0.3) is 0 Å². The van der Waals surface area contributed by atoms with Gasteiger partial charge in [0.1, 0.15) is 11.2 Å². The van der Waals surface area contributed by atoms with E-state index in [1.165, 1.54) is 0 Å². The Morgan fingerprint density at radius 2 is 1.32 bits per heavy atom. The zero-order valence-electron chi connectivity index (χ0n) is 19.7. The standard InChI is InChI=1S/C33H19N3O/c34-18-21-13-15-27(26-8-2-1-7-24(21)26)28-10-4-12-30-29-11-3-9-25(32(29)37-33(28)30)22-14-16-31(36-20-22)23-6-5-17-35-19-23/h1-17,19-20H. The first-order valence-electron chi connectivity index (χ1n) is 12.0. The van der Waals surface area contributed by atoms with Gasteiger partial charge in [-0.25, -0.2) is 0 Å². The molecule has 4 aromatic carbocycles. The molecule has 0 N–H and O–H groups in total. The van der Waals surface area contributed by atoms with Crippen LogP contribution in [0.1, 0.15) is 5.56 Å². The maximum absolute atomic E-state index is 9.61. The summed E-state index contributed by atoms with van der Waals surface area (Å²) in [5.74, 6) is 0. The minimum absolute atomic E-state index is 0.667. The molecule has 4 heteroatoms. The number of fused-ring (bicyclic) bond motifs is 4. The van der Waals surface area contributed by atoms with E-state index in [1.807, 2.05) is 60.9 Å². The summed E-state index contributed by atoms with van der Waals surface area (Å²) in [6.45, 7) is 0. The SMILES string of the molecule is N#Cc1ccc(-c2cccc3c2oc2c(-c4ccc(-c5cccnc5)nc4)cccc23)c2ccccc12. The van der Waals surface area contributed by atoms with Crippen LogP contribution in [0.4, 0.5) is 0 Å². The molecule has 7 rings (SSSR count). The van der Waals surface area contributed by atoms with Gasteiger partial charge >= 0.3 is 0 Å². The van der Waals surface area contributed by atoms with E-state index in [9.17, 15) is 5.26 Å². The lowest BCUT2D eigenvalue weighted by atomic mass is 9.94. The number of furan rings is 1. The fourth-order valence-corrected chi connectivity index (χ4v) is 5.13. The number of nitrogens with zero attached hydrogens (tertiary/aromatic N) is 3. The molecule has 3 heterocycles. The second-order valence-electron chi connectivity index (χ2n) is 8.96. The summed E-state index contributed by atoms with van der Waals surface area (Å²) >= 11 is 0. The van der Waals surface area contributed by atoms with Gasteiger partial charge in [-0.15, -0.1) is 0 Å². The van der Waals surface area contributed by atoms with Crippen molar-refractivity contribution in [3.63, 3.8) is 0 Å². The molecule has 4 nitrogen and oxygen atoms in total. The second-order valence-corrected chi connectivity index (χ2v) is 8.96. The molecule has 0 unspecified atom stereocenters. The van der Waals surface area contributed by atoms with E-state index in [1.54, 1.807) is 6.20 Å². The highest BCUT2D eigenvalue weighted by Gasteiger charge is 2.17.